The van der Waals surface area contributed by atoms with Gasteiger partial charge in [0.15, 0.2) is 0 Å². The molecule has 0 bridgehead atoms. The van der Waals surface area contributed by atoms with E-state index in [1.54, 1.807) is 18.6 Å². The summed E-state index contributed by atoms with van der Waals surface area (Å²) in [5.74, 6) is 1.85. The average molecular weight is 253 g/mol. The third-order valence-corrected chi connectivity index (χ3v) is 3.20. The third kappa shape index (κ3) is 2.14. The van der Waals surface area contributed by atoms with E-state index in [-0.39, 0.29) is 0 Å². The van der Waals surface area contributed by atoms with E-state index in [1.807, 2.05) is 37.2 Å². The van der Waals surface area contributed by atoms with Crippen LogP contribution in [0.15, 0.2) is 42.9 Å². The molecule has 2 heterocycles. The summed E-state index contributed by atoms with van der Waals surface area (Å²) in [6, 6.07) is 8.14. The van der Waals surface area contributed by atoms with Crippen molar-refractivity contribution >= 4 is 16.9 Å². The van der Waals surface area contributed by atoms with Crippen LogP contribution >= 0.6 is 0 Å². The van der Waals surface area contributed by atoms with E-state index >= 15 is 0 Å². The van der Waals surface area contributed by atoms with Crippen LogP contribution in [0.4, 0.5) is 5.82 Å². The number of imidazole rings is 1. The predicted molar refractivity (Wildman–Crippen MR) is 74.9 cm³/mol. The number of nitrogens with zero attached hydrogens (tertiary/aromatic N) is 5. The van der Waals surface area contributed by atoms with Crippen molar-refractivity contribution in [2.75, 3.05) is 11.9 Å². The molecule has 0 unspecified atom stereocenters. The number of hydrogen-bond acceptors (Lipinski definition) is 4. The molecule has 0 saturated heterocycles. The second-order valence-electron chi connectivity index (χ2n) is 4.50. The van der Waals surface area contributed by atoms with Crippen molar-refractivity contribution in [3.05, 3.63) is 48.7 Å². The Morgan fingerprint density at radius 3 is 2.79 bits per heavy atom. The number of para-hydroxylation sites is 2. The van der Waals surface area contributed by atoms with Crippen LogP contribution in [0, 0.1) is 0 Å². The van der Waals surface area contributed by atoms with Gasteiger partial charge in [-0.3, -0.25) is 4.98 Å². The van der Waals surface area contributed by atoms with E-state index in [2.05, 4.69) is 25.6 Å². The molecule has 0 aliphatic rings. The molecule has 0 saturated carbocycles. The summed E-state index contributed by atoms with van der Waals surface area (Å²) in [6.07, 6.45) is 5.12. The Labute approximate surface area is 111 Å². The van der Waals surface area contributed by atoms with Crippen LogP contribution in [-0.2, 0) is 13.6 Å². The maximum atomic E-state index is 4.65. The molecule has 0 atom stereocenters. The van der Waals surface area contributed by atoms with Gasteiger partial charge in [0.2, 0.25) is 0 Å². The lowest BCUT2D eigenvalue weighted by Crippen LogP contribution is -2.20. The highest BCUT2D eigenvalue weighted by Crippen LogP contribution is 2.16. The molecule has 96 valence electrons. The maximum absolute atomic E-state index is 4.65. The molecule has 3 aromatic rings. The van der Waals surface area contributed by atoms with Crippen LogP contribution in [0.25, 0.3) is 11.0 Å². The van der Waals surface area contributed by atoms with Gasteiger partial charge in [0, 0.05) is 26.5 Å². The van der Waals surface area contributed by atoms with Crippen molar-refractivity contribution in [1.82, 2.24) is 19.5 Å². The smallest absolute Gasteiger partial charge is 0.147 e. The summed E-state index contributed by atoms with van der Waals surface area (Å²) in [4.78, 5) is 15.1. The van der Waals surface area contributed by atoms with Crippen molar-refractivity contribution in [2.45, 2.75) is 6.54 Å². The first kappa shape index (κ1) is 11.6. The highest BCUT2D eigenvalue weighted by atomic mass is 15.2. The molecular weight excluding hydrogens is 238 g/mol. The van der Waals surface area contributed by atoms with E-state index < -0.39 is 0 Å². The lowest BCUT2D eigenvalue weighted by Gasteiger charge is -2.16. The zero-order chi connectivity index (χ0) is 13.2. The number of benzene rings is 1. The van der Waals surface area contributed by atoms with Gasteiger partial charge in [-0.1, -0.05) is 12.1 Å². The van der Waals surface area contributed by atoms with Crippen molar-refractivity contribution in [2.24, 2.45) is 7.05 Å². The van der Waals surface area contributed by atoms with Gasteiger partial charge in [-0.2, -0.15) is 0 Å². The normalized spacial score (nSPS) is 10.8. The molecule has 0 spiro atoms. The Morgan fingerprint density at radius 1 is 1.21 bits per heavy atom. The first-order valence-corrected chi connectivity index (χ1v) is 6.13. The van der Waals surface area contributed by atoms with Crippen LogP contribution in [0.3, 0.4) is 0 Å². The molecular formula is C14H15N5. The molecule has 3 rings (SSSR count). The first-order chi connectivity index (χ1) is 9.25. The molecule has 0 radical (unpaired) electrons. The second-order valence-corrected chi connectivity index (χ2v) is 4.50. The number of aryl methyl sites for hydroxylation is 1. The fourth-order valence-corrected chi connectivity index (χ4v) is 2.12. The highest BCUT2D eigenvalue weighted by Gasteiger charge is 2.10. The van der Waals surface area contributed by atoms with E-state index in [1.165, 1.54) is 0 Å². The largest absolute Gasteiger partial charge is 0.351 e. The van der Waals surface area contributed by atoms with Gasteiger partial charge in [-0.15, -0.1) is 0 Å². The Hall–Kier alpha value is -2.43. The SMILES string of the molecule is CN(Cc1nc2ccccc2n1C)c1cnccn1. The van der Waals surface area contributed by atoms with Crippen molar-refractivity contribution in [3.8, 4) is 0 Å². The molecule has 0 fully saturated rings. The van der Waals surface area contributed by atoms with Crippen molar-refractivity contribution in [3.63, 3.8) is 0 Å². The van der Waals surface area contributed by atoms with Gasteiger partial charge in [-0.25, -0.2) is 9.97 Å². The molecule has 0 amide bonds. The number of hydrogen-bond donors (Lipinski definition) is 0. The Kier molecular flexibility index (Phi) is 2.87. The lowest BCUT2D eigenvalue weighted by atomic mass is 10.3. The predicted octanol–water partition coefficient (Wildman–Crippen LogP) is 2.00. The molecule has 0 aliphatic heterocycles. The molecule has 5 nitrogen and oxygen atoms in total. The fraction of sp³-hybridized carbons (Fsp3) is 0.214. The second kappa shape index (κ2) is 4.68. The Balaban J connectivity index is 1.91. The van der Waals surface area contributed by atoms with E-state index in [0.717, 1.165) is 22.7 Å². The topological polar surface area (TPSA) is 46.8 Å². The van der Waals surface area contributed by atoms with Crippen LogP contribution in [0.1, 0.15) is 5.82 Å². The maximum Gasteiger partial charge on any atom is 0.147 e. The average Bonchev–Trinajstić information content (AvgIpc) is 2.77. The van der Waals surface area contributed by atoms with Crippen LogP contribution in [0.5, 0.6) is 0 Å². The zero-order valence-corrected chi connectivity index (χ0v) is 11.0. The Morgan fingerprint density at radius 2 is 2.05 bits per heavy atom. The van der Waals surface area contributed by atoms with E-state index in [0.29, 0.717) is 6.54 Å². The Bertz CT molecular complexity index is 689. The minimum absolute atomic E-state index is 0.698. The van der Waals surface area contributed by atoms with Gasteiger partial charge < -0.3 is 9.47 Å². The first-order valence-electron chi connectivity index (χ1n) is 6.13. The van der Waals surface area contributed by atoms with Crippen LogP contribution in [-0.4, -0.2) is 26.6 Å². The quantitative estimate of drug-likeness (QED) is 0.716. The molecule has 19 heavy (non-hydrogen) atoms. The van der Waals surface area contributed by atoms with Gasteiger partial charge in [0.25, 0.3) is 0 Å². The molecule has 0 aliphatic carbocycles. The fourth-order valence-electron chi connectivity index (χ4n) is 2.12. The molecule has 2 aromatic heterocycles. The van der Waals surface area contributed by atoms with Gasteiger partial charge >= 0.3 is 0 Å². The zero-order valence-electron chi connectivity index (χ0n) is 11.0. The summed E-state index contributed by atoms with van der Waals surface area (Å²) in [5.41, 5.74) is 2.16. The summed E-state index contributed by atoms with van der Waals surface area (Å²) in [5, 5.41) is 0. The summed E-state index contributed by atoms with van der Waals surface area (Å²) >= 11 is 0. The van der Waals surface area contributed by atoms with E-state index in [9.17, 15) is 0 Å². The summed E-state index contributed by atoms with van der Waals surface area (Å²) in [6.45, 7) is 0.698. The standard InChI is InChI=1S/C14H15N5/c1-18(13-9-15-7-8-16-13)10-14-17-11-5-3-4-6-12(11)19(14)2/h3-9H,10H2,1-2H3. The number of aromatic nitrogens is 4. The van der Waals surface area contributed by atoms with Crippen molar-refractivity contribution in [1.29, 1.82) is 0 Å². The third-order valence-electron chi connectivity index (χ3n) is 3.20. The number of anilines is 1. The highest BCUT2D eigenvalue weighted by molar-refractivity contribution is 5.75. The van der Waals surface area contributed by atoms with Crippen LogP contribution < -0.4 is 4.90 Å². The minimum Gasteiger partial charge on any atom is -0.351 e. The van der Waals surface area contributed by atoms with Crippen LogP contribution in [0.2, 0.25) is 0 Å². The lowest BCUT2D eigenvalue weighted by molar-refractivity contribution is 0.767. The summed E-state index contributed by atoms with van der Waals surface area (Å²) < 4.78 is 2.11. The van der Waals surface area contributed by atoms with Gasteiger partial charge in [-0.05, 0) is 12.1 Å². The summed E-state index contributed by atoms with van der Waals surface area (Å²) in [7, 11) is 4.03. The molecule has 5 heteroatoms. The van der Waals surface area contributed by atoms with Gasteiger partial charge in [0.05, 0.1) is 23.8 Å². The monoisotopic (exact) mass is 253 g/mol. The van der Waals surface area contributed by atoms with E-state index in [4.69, 9.17) is 0 Å². The number of rotatable bonds is 3. The number of fused-ring (bicyclic) bond motifs is 1. The minimum atomic E-state index is 0.698. The van der Waals surface area contributed by atoms with Gasteiger partial charge in [0.1, 0.15) is 11.6 Å². The molecule has 0 N–H and O–H groups in total. The van der Waals surface area contributed by atoms with Crippen molar-refractivity contribution < 1.29 is 0 Å². The molecule has 1 aromatic carbocycles.